The first-order valence-electron chi connectivity index (χ1n) is 15.8. The first-order chi connectivity index (χ1) is 21.8. The van der Waals surface area contributed by atoms with Gasteiger partial charge in [-0.2, -0.15) is 0 Å². The van der Waals surface area contributed by atoms with E-state index in [2.05, 4.69) is 118 Å². The number of nitrogens with zero attached hydrogens (tertiary/aromatic N) is 5. The summed E-state index contributed by atoms with van der Waals surface area (Å²) in [5.41, 5.74) is 10.5. The molecule has 0 atom stereocenters. The monoisotopic (exact) mass is 609 g/mol. The van der Waals surface area contributed by atoms with Crippen LogP contribution in [0.25, 0.3) is 33.5 Å². The topological polar surface area (TPSA) is 67.1 Å². The van der Waals surface area contributed by atoms with E-state index in [-0.39, 0.29) is 16.6 Å². The molecule has 6 heteroatoms. The van der Waals surface area contributed by atoms with Crippen LogP contribution in [0.5, 0.6) is 5.75 Å². The maximum absolute atomic E-state index is 11.7. The van der Waals surface area contributed by atoms with Crippen LogP contribution in [0.15, 0.2) is 91.3 Å². The third-order valence-electron chi connectivity index (χ3n) is 8.76. The van der Waals surface area contributed by atoms with Gasteiger partial charge in [-0.05, 0) is 83.8 Å². The molecule has 6 rings (SSSR count). The molecule has 0 amide bonds. The Morgan fingerprint density at radius 2 is 1.50 bits per heavy atom. The van der Waals surface area contributed by atoms with Gasteiger partial charge in [0.1, 0.15) is 17.4 Å². The minimum absolute atomic E-state index is 0.0941. The molecule has 3 aromatic carbocycles. The van der Waals surface area contributed by atoms with Crippen molar-refractivity contribution in [2.24, 2.45) is 7.05 Å². The molecule has 234 valence electrons. The zero-order valence-corrected chi connectivity index (χ0v) is 28.3. The Bertz CT molecular complexity index is 2040. The van der Waals surface area contributed by atoms with Crippen molar-refractivity contribution in [1.82, 2.24) is 19.5 Å². The average molecular weight is 610 g/mol. The van der Waals surface area contributed by atoms with E-state index >= 15 is 0 Å². The van der Waals surface area contributed by atoms with Gasteiger partial charge in [-0.15, -0.1) is 0 Å². The molecule has 0 aliphatic heterocycles. The number of hydrogen-bond acceptors (Lipinski definition) is 5. The summed E-state index contributed by atoms with van der Waals surface area (Å²) in [5.74, 6) is 1.85. The van der Waals surface area contributed by atoms with Crippen molar-refractivity contribution >= 4 is 28.2 Å². The predicted octanol–water partition coefficient (Wildman–Crippen LogP) is 10.1. The fraction of sp³-hybridized carbons (Fsp3) is 0.275. The third kappa shape index (κ3) is 5.53. The van der Waals surface area contributed by atoms with Gasteiger partial charge in [0.05, 0.1) is 28.0 Å². The Morgan fingerprint density at radius 3 is 2.17 bits per heavy atom. The van der Waals surface area contributed by atoms with Crippen molar-refractivity contribution in [3.05, 3.63) is 114 Å². The Labute approximate surface area is 272 Å². The van der Waals surface area contributed by atoms with Crippen LogP contribution in [-0.4, -0.2) is 24.6 Å². The van der Waals surface area contributed by atoms with Crippen LogP contribution in [0, 0.1) is 13.8 Å². The number of phenols is 1. The van der Waals surface area contributed by atoms with Crippen LogP contribution in [0.4, 0.5) is 17.2 Å². The maximum Gasteiger partial charge on any atom is 0.144 e. The first kappa shape index (κ1) is 31.0. The van der Waals surface area contributed by atoms with Gasteiger partial charge in [0.15, 0.2) is 0 Å². The van der Waals surface area contributed by atoms with Gasteiger partial charge in [0.2, 0.25) is 0 Å². The normalized spacial score (nSPS) is 12.1. The van der Waals surface area contributed by atoms with E-state index in [0.717, 1.165) is 67.6 Å². The first-order valence-corrected chi connectivity index (χ1v) is 15.8. The van der Waals surface area contributed by atoms with Crippen molar-refractivity contribution in [1.29, 1.82) is 0 Å². The van der Waals surface area contributed by atoms with Crippen molar-refractivity contribution < 1.29 is 5.11 Å². The number of phenolic OH excluding ortho intramolecular Hbond substituents is 1. The summed E-state index contributed by atoms with van der Waals surface area (Å²) in [7, 11) is 2.03. The Morgan fingerprint density at radius 1 is 0.739 bits per heavy atom. The van der Waals surface area contributed by atoms with Crippen LogP contribution in [0.1, 0.15) is 63.9 Å². The van der Waals surface area contributed by atoms with Gasteiger partial charge < -0.3 is 9.67 Å². The summed E-state index contributed by atoms with van der Waals surface area (Å²) in [4.78, 5) is 16.8. The molecule has 3 aromatic heterocycles. The molecule has 0 aliphatic carbocycles. The van der Waals surface area contributed by atoms with Crippen molar-refractivity contribution in [3.63, 3.8) is 0 Å². The number of aryl methyl sites for hydroxylation is 3. The molecule has 0 saturated carbocycles. The quantitative estimate of drug-likeness (QED) is 0.211. The number of aromatic nitrogens is 4. The number of aromatic hydroxyl groups is 1. The smallest absolute Gasteiger partial charge is 0.144 e. The molecular formula is C40H43N5O. The Hall–Kier alpha value is -4.97. The van der Waals surface area contributed by atoms with Crippen LogP contribution in [0.3, 0.4) is 0 Å². The molecule has 0 bridgehead atoms. The number of anilines is 3. The third-order valence-corrected chi connectivity index (χ3v) is 8.76. The lowest BCUT2D eigenvalue weighted by molar-refractivity contribution is 0.446. The van der Waals surface area contributed by atoms with E-state index in [1.807, 2.05) is 50.6 Å². The van der Waals surface area contributed by atoms with Gasteiger partial charge in [-0.1, -0.05) is 77.9 Å². The van der Waals surface area contributed by atoms with E-state index in [1.54, 1.807) is 0 Å². The molecule has 6 nitrogen and oxygen atoms in total. The molecule has 0 aliphatic rings. The number of hydrogen-bond donors (Lipinski definition) is 1. The highest BCUT2D eigenvalue weighted by Gasteiger charge is 2.28. The molecule has 46 heavy (non-hydrogen) atoms. The molecule has 0 saturated heterocycles. The average Bonchev–Trinajstić information content (AvgIpc) is 3.34. The van der Waals surface area contributed by atoms with Crippen molar-refractivity contribution in [2.75, 3.05) is 4.90 Å². The predicted molar refractivity (Wildman–Crippen MR) is 190 cm³/mol. The van der Waals surface area contributed by atoms with Gasteiger partial charge >= 0.3 is 0 Å². The second-order valence-corrected chi connectivity index (χ2v) is 14.2. The fourth-order valence-electron chi connectivity index (χ4n) is 6.20. The molecule has 1 N–H and O–H groups in total. The summed E-state index contributed by atoms with van der Waals surface area (Å²) >= 11 is 0. The fourth-order valence-corrected chi connectivity index (χ4v) is 6.20. The standard InChI is InChI=1S/C40H43N5O/c1-25-19-21-41-26(2)36(25)45(34-18-10-11-20-42-34)29-15-12-14-27(22-29)30-16-13-17-33-35(30)43-38(44(33)9)31-23-28(39(3,4)5)24-32(37(31)46)40(6,7)8/h10-24,46H,1-9H3. The number of fused-ring (bicyclic) bond motifs is 1. The van der Waals surface area contributed by atoms with Gasteiger partial charge in [0, 0.05) is 36.3 Å². The lowest BCUT2D eigenvalue weighted by Gasteiger charge is -2.27. The van der Waals surface area contributed by atoms with Crippen molar-refractivity contribution in [2.45, 2.75) is 66.2 Å². The zero-order chi connectivity index (χ0) is 33.0. The largest absolute Gasteiger partial charge is 0.507 e. The molecular weight excluding hydrogens is 566 g/mol. The second-order valence-electron chi connectivity index (χ2n) is 14.2. The van der Waals surface area contributed by atoms with E-state index in [0.29, 0.717) is 0 Å². The second kappa shape index (κ2) is 11.4. The minimum Gasteiger partial charge on any atom is -0.507 e. The lowest BCUT2D eigenvalue weighted by Crippen LogP contribution is -2.17. The van der Waals surface area contributed by atoms with Crippen molar-refractivity contribution in [3.8, 4) is 28.3 Å². The Kier molecular flexibility index (Phi) is 7.71. The van der Waals surface area contributed by atoms with Gasteiger partial charge in [-0.3, -0.25) is 9.88 Å². The minimum atomic E-state index is -0.235. The highest BCUT2D eigenvalue weighted by atomic mass is 16.3. The number of benzene rings is 3. The number of para-hydroxylation sites is 1. The summed E-state index contributed by atoms with van der Waals surface area (Å²) in [5, 5.41) is 11.7. The number of rotatable bonds is 5. The lowest BCUT2D eigenvalue weighted by atomic mass is 9.79. The number of pyridine rings is 2. The molecule has 0 fully saturated rings. The number of imidazole rings is 1. The maximum atomic E-state index is 11.7. The van der Waals surface area contributed by atoms with E-state index < -0.39 is 0 Å². The summed E-state index contributed by atoms with van der Waals surface area (Å²) in [6.07, 6.45) is 3.67. The summed E-state index contributed by atoms with van der Waals surface area (Å²) < 4.78 is 2.10. The summed E-state index contributed by atoms with van der Waals surface area (Å²) in [6.45, 7) is 17.2. The van der Waals surface area contributed by atoms with Gasteiger partial charge in [-0.25, -0.2) is 9.97 Å². The van der Waals surface area contributed by atoms with E-state index in [4.69, 9.17) is 9.97 Å². The van der Waals surface area contributed by atoms with E-state index in [1.165, 1.54) is 5.56 Å². The molecule has 0 unspecified atom stereocenters. The highest BCUT2D eigenvalue weighted by molar-refractivity contribution is 5.96. The van der Waals surface area contributed by atoms with Crippen LogP contribution >= 0.6 is 0 Å². The molecule has 0 spiro atoms. The van der Waals surface area contributed by atoms with Crippen LogP contribution < -0.4 is 4.90 Å². The van der Waals surface area contributed by atoms with Crippen LogP contribution in [-0.2, 0) is 17.9 Å². The van der Waals surface area contributed by atoms with Crippen LogP contribution in [0.2, 0.25) is 0 Å². The highest BCUT2D eigenvalue weighted by Crippen LogP contribution is 2.44. The molecule has 6 aromatic rings. The molecule has 0 radical (unpaired) electrons. The SMILES string of the molecule is Cc1ccnc(C)c1N(c1cccc(-c2cccc3c2nc(-c2cc(C(C)(C)C)cc(C(C)(C)C)c2O)n3C)c1)c1ccccn1. The van der Waals surface area contributed by atoms with Gasteiger partial charge in [0.25, 0.3) is 0 Å². The Balaban J connectivity index is 1.55. The van der Waals surface area contributed by atoms with E-state index in [9.17, 15) is 5.11 Å². The summed E-state index contributed by atoms with van der Waals surface area (Å²) in [6, 6.07) is 27.1. The molecule has 3 heterocycles. The zero-order valence-electron chi connectivity index (χ0n) is 28.3.